The van der Waals surface area contributed by atoms with Crippen molar-refractivity contribution < 1.29 is 26.4 Å². The Morgan fingerprint density at radius 1 is 1.03 bits per heavy atom. The molecule has 1 heterocycles. The van der Waals surface area contributed by atoms with Crippen LogP contribution in [0, 0.1) is 17.5 Å². The summed E-state index contributed by atoms with van der Waals surface area (Å²) in [6, 6.07) is 4.42. The molecule has 0 aliphatic heterocycles. The standard InChI is InChI=1S/C23H26F3N5O3S/c1-5-10-35(33,34)29-18-12-15(24)21(25)20(22(18)26)23(32)14-6-7-16-17(11-14)28-19(13-27-16)31(4)9-8-30(2)3/h6-7,11-13,29H,5,8-10H2,1-4H3. The summed E-state index contributed by atoms with van der Waals surface area (Å²) in [7, 11) is 1.68. The number of fused-ring (bicyclic) bond motifs is 1. The topological polar surface area (TPSA) is 95.5 Å². The molecule has 0 bridgehead atoms. The van der Waals surface area contributed by atoms with E-state index in [-0.39, 0.29) is 17.7 Å². The van der Waals surface area contributed by atoms with Gasteiger partial charge in [-0.3, -0.25) is 14.5 Å². The average molecular weight is 510 g/mol. The van der Waals surface area contributed by atoms with E-state index >= 15 is 4.39 Å². The zero-order chi connectivity index (χ0) is 25.9. The summed E-state index contributed by atoms with van der Waals surface area (Å²) in [6.45, 7) is 3.00. The summed E-state index contributed by atoms with van der Waals surface area (Å²) in [5.74, 6) is -5.77. The third-order valence-corrected chi connectivity index (χ3v) is 6.66. The Bertz CT molecular complexity index is 1370. The third kappa shape index (κ3) is 6.06. The van der Waals surface area contributed by atoms with Crippen LogP contribution in [0.4, 0.5) is 24.7 Å². The second-order valence-electron chi connectivity index (χ2n) is 8.32. The molecule has 35 heavy (non-hydrogen) atoms. The van der Waals surface area contributed by atoms with Crippen LogP contribution in [0.3, 0.4) is 0 Å². The zero-order valence-electron chi connectivity index (χ0n) is 19.8. The van der Waals surface area contributed by atoms with Crippen molar-refractivity contribution >= 4 is 38.3 Å². The van der Waals surface area contributed by atoms with Gasteiger partial charge in [-0.15, -0.1) is 0 Å². The van der Waals surface area contributed by atoms with Crippen molar-refractivity contribution in [3.63, 3.8) is 0 Å². The number of likely N-dealkylation sites (N-methyl/N-ethyl adjacent to an activating group) is 2. The smallest absolute Gasteiger partial charge is 0.232 e. The van der Waals surface area contributed by atoms with Gasteiger partial charge in [0, 0.05) is 31.8 Å². The van der Waals surface area contributed by atoms with Gasteiger partial charge in [0.25, 0.3) is 0 Å². The monoisotopic (exact) mass is 509 g/mol. The van der Waals surface area contributed by atoms with E-state index in [0.29, 0.717) is 29.5 Å². The second-order valence-corrected chi connectivity index (χ2v) is 10.2. The van der Waals surface area contributed by atoms with Crippen molar-refractivity contribution in [3.8, 4) is 0 Å². The van der Waals surface area contributed by atoms with Gasteiger partial charge in [-0.2, -0.15) is 0 Å². The molecular formula is C23H26F3N5O3S. The molecule has 0 aliphatic rings. The maximum absolute atomic E-state index is 15.1. The summed E-state index contributed by atoms with van der Waals surface area (Å²) in [5.41, 5.74) is -1.46. The predicted molar refractivity (Wildman–Crippen MR) is 129 cm³/mol. The number of benzene rings is 2. The minimum atomic E-state index is -4.01. The lowest BCUT2D eigenvalue weighted by atomic mass is 10.0. The third-order valence-electron chi connectivity index (χ3n) is 5.19. The second kappa shape index (κ2) is 10.6. The van der Waals surface area contributed by atoms with Gasteiger partial charge in [-0.1, -0.05) is 6.92 Å². The Labute approximate surface area is 201 Å². The van der Waals surface area contributed by atoms with Crippen LogP contribution in [-0.2, 0) is 10.0 Å². The molecule has 3 rings (SSSR count). The summed E-state index contributed by atoms with van der Waals surface area (Å²) in [6.07, 6.45) is 1.79. The minimum Gasteiger partial charge on any atom is -0.357 e. The number of anilines is 2. The number of carbonyl (C=O) groups is 1. The van der Waals surface area contributed by atoms with Gasteiger partial charge >= 0.3 is 0 Å². The highest BCUT2D eigenvalue weighted by molar-refractivity contribution is 7.92. The SMILES string of the molecule is CCCS(=O)(=O)Nc1cc(F)c(F)c(C(=O)c2ccc3ncc(N(C)CCN(C)C)nc3c2)c1F. The zero-order valence-corrected chi connectivity index (χ0v) is 20.6. The van der Waals surface area contributed by atoms with Crippen molar-refractivity contribution in [1.82, 2.24) is 14.9 Å². The maximum atomic E-state index is 15.1. The number of sulfonamides is 1. The Morgan fingerprint density at radius 3 is 2.40 bits per heavy atom. The molecule has 0 fully saturated rings. The molecule has 0 radical (unpaired) electrons. The normalized spacial score (nSPS) is 11.8. The Hall–Kier alpha value is -3.25. The van der Waals surface area contributed by atoms with Crippen molar-refractivity contribution in [1.29, 1.82) is 0 Å². The van der Waals surface area contributed by atoms with E-state index in [9.17, 15) is 22.0 Å². The lowest BCUT2D eigenvalue weighted by molar-refractivity contribution is 0.103. The molecule has 0 unspecified atom stereocenters. The first-order valence-electron chi connectivity index (χ1n) is 10.8. The molecule has 1 N–H and O–H groups in total. The van der Waals surface area contributed by atoms with Gasteiger partial charge in [0.1, 0.15) is 5.82 Å². The first-order valence-corrected chi connectivity index (χ1v) is 12.4. The molecule has 188 valence electrons. The largest absolute Gasteiger partial charge is 0.357 e. The minimum absolute atomic E-state index is 0.161. The molecule has 0 saturated heterocycles. The van der Waals surface area contributed by atoms with Gasteiger partial charge in [-0.25, -0.2) is 26.6 Å². The van der Waals surface area contributed by atoms with Crippen LogP contribution < -0.4 is 9.62 Å². The molecule has 0 saturated carbocycles. The van der Waals surface area contributed by atoms with Crippen LogP contribution in [0.1, 0.15) is 29.3 Å². The number of nitrogens with one attached hydrogen (secondary N) is 1. The number of ketones is 1. The maximum Gasteiger partial charge on any atom is 0.232 e. The van der Waals surface area contributed by atoms with Crippen LogP contribution in [0.2, 0.25) is 0 Å². The molecule has 1 aromatic heterocycles. The van der Waals surface area contributed by atoms with Crippen LogP contribution in [0.5, 0.6) is 0 Å². The number of halogens is 3. The predicted octanol–water partition coefficient (Wildman–Crippen LogP) is 3.43. The number of carbonyl (C=O) groups excluding carboxylic acids is 1. The molecule has 0 amide bonds. The van der Waals surface area contributed by atoms with Gasteiger partial charge in [0.15, 0.2) is 23.2 Å². The highest BCUT2D eigenvalue weighted by atomic mass is 32.2. The van der Waals surface area contributed by atoms with Crippen LogP contribution in [0.25, 0.3) is 11.0 Å². The molecule has 2 aromatic carbocycles. The summed E-state index contributed by atoms with van der Waals surface area (Å²) >= 11 is 0. The lowest BCUT2D eigenvalue weighted by Crippen LogP contribution is -2.29. The first kappa shape index (κ1) is 26.4. The van der Waals surface area contributed by atoms with Crippen LogP contribution >= 0.6 is 0 Å². The number of aromatic nitrogens is 2. The quantitative estimate of drug-likeness (QED) is 0.331. The van der Waals surface area contributed by atoms with E-state index in [1.54, 1.807) is 13.1 Å². The highest BCUT2D eigenvalue weighted by Crippen LogP contribution is 2.28. The summed E-state index contributed by atoms with van der Waals surface area (Å²) in [5, 5.41) is 0. The fourth-order valence-electron chi connectivity index (χ4n) is 3.30. The van der Waals surface area contributed by atoms with Crippen molar-refractivity contribution in [2.24, 2.45) is 0 Å². The Morgan fingerprint density at radius 2 is 1.74 bits per heavy atom. The molecule has 0 aliphatic carbocycles. The van der Waals surface area contributed by atoms with Gasteiger partial charge in [-0.05, 0) is 38.7 Å². The Kier molecular flexibility index (Phi) is 7.96. The number of hydrogen-bond donors (Lipinski definition) is 1. The number of nitrogens with zero attached hydrogens (tertiary/aromatic N) is 4. The molecule has 8 nitrogen and oxygen atoms in total. The van der Waals surface area contributed by atoms with E-state index in [0.717, 1.165) is 6.54 Å². The van der Waals surface area contributed by atoms with E-state index in [1.165, 1.54) is 18.2 Å². The van der Waals surface area contributed by atoms with Crippen molar-refractivity contribution in [2.45, 2.75) is 13.3 Å². The van der Waals surface area contributed by atoms with E-state index in [4.69, 9.17) is 0 Å². The molecule has 0 atom stereocenters. The number of hydrogen-bond acceptors (Lipinski definition) is 7. The van der Waals surface area contributed by atoms with Gasteiger partial charge in [0.2, 0.25) is 10.0 Å². The van der Waals surface area contributed by atoms with Crippen LogP contribution in [0.15, 0.2) is 30.5 Å². The van der Waals surface area contributed by atoms with Crippen molar-refractivity contribution in [3.05, 3.63) is 59.0 Å². The number of rotatable bonds is 10. The van der Waals surface area contributed by atoms with E-state index in [1.807, 2.05) is 35.7 Å². The highest BCUT2D eigenvalue weighted by Gasteiger charge is 2.27. The summed E-state index contributed by atoms with van der Waals surface area (Å²) in [4.78, 5) is 25.7. The fourth-order valence-corrected chi connectivity index (χ4v) is 4.42. The lowest BCUT2D eigenvalue weighted by Gasteiger charge is -2.20. The summed E-state index contributed by atoms with van der Waals surface area (Å²) < 4.78 is 69.7. The molecule has 12 heteroatoms. The van der Waals surface area contributed by atoms with Gasteiger partial charge in [0.05, 0.1) is 34.2 Å². The van der Waals surface area contributed by atoms with Gasteiger partial charge < -0.3 is 9.80 Å². The van der Waals surface area contributed by atoms with Crippen LogP contribution in [-0.4, -0.2) is 69.1 Å². The fraction of sp³-hybridized carbons (Fsp3) is 0.348. The molecule has 3 aromatic rings. The molecule has 0 spiro atoms. The van der Waals surface area contributed by atoms with E-state index in [2.05, 4.69) is 9.97 Å². The van der Waals surface area contributed by atoms with Crippen molar-refractivity contribution in [2.75, 3.05) is 49.6 Å². The first-order chi connectivity index (χ1) is 16.4. The van der Waals surface area contributed by atoms with E-state index < -0.39 is 44.5 Å². The average Bonchev–Trinajstić information content (AvgIpc) is 2.80. The molecular weight excluding hydrogens is 483 g/mol. The Balaban J connectivity index is 2.01.